The molecule has 1 rings (SSSR count). The predicted octanol–water partition coefficient (Wildman–Crippen LogP) is 1.94. The Morgan fingerprint density at radius 1 is 1.42 bits per heavy atom. The molecule has 0 spiro atoms. The summed E-state index contributed by atoms with van der Waals surface area (Å²) in [5.41, 5.74) is -1.25. The van der Waals surface area contributed by atoms with Crippen LogP contribution in [-0.2, 0) is 6.18 Å². The molecule has 0 atom stereocenters. The highest BCUT2D eigenvalue weighted by Crippen LogP contribution is 2.34. The van der Waals surface area contributed by atoms with Crippen molar-refractivity contribution in [2.24, 2.45) is 0 Å². The predicted molar refractivity (Wildman–Crippen MR) is 36.4 cm³/mol. The number of halogens is 4. The van der Waals surface area contributed by atoms with Gasteiger partial charge in [0.05, 0.1) is 5.56 Å². The number of hydrogen-bond acceptors (Lipinski definition) is 2. The Hall–Kier alpha value is -0.780. The Labute approximate surface area is 74.2 Å². The lowest BCUT2D eigenvalue weighted by molar-refractivity contribution is -0.282. The van der Waals surface area contributed by atoms with E-state index in [9.17, 15) is 18.3 Å². The van der Waals surface area contributed by atoms with Crippen molar-refractivity contribution in [2.75, 3.05) is 0 Å². The van der Waals surface area contributed by atoms with Gasteiger partial charge in [-0.3, -0.25) is 4.98 Å². The fraction of sp³-hybridized carbons (Fsp3) is 0.167. The Bertz CT molecular complexity index is 299. The largest absolute Gasteiger partial charge is 0.858 e. The molecular formula is C6H2BrF3NO-. The van der Waals surface area contributed by atoms with E-state index in [1.165, 1.54) is 0 Å². The zero-order valence-electron chi connectivity index (χ0n) is 5.52. The van der Waals surface area contributed by atoms with Gasteiger partial charge in [0.25, 0.3) is 0 Å². The average molecular weight is 241 g/mol. The van der Waals surface area contributed by atoms with E-state index in [4.69, 9.17) is 0 Å². The van der Waals surface area contributed by atoms with Gasteiger partial charge in [-0.1, -0.05) is 0 Å². The van der Waals surface area contributed by atoms with Crippen molar-refractivity contribution in [3.8, 4) is 5.88 Å². The minimum atomic E-state index is -4.63. The molecule has 0 aromatic carbocycles. The smallest absolute Gasteiger partial charge is 0.417 e. The highest BCUT2D eigenvalue weighted by atomic mass is 79.9. The first kappa shape index (κ1) is 9.31. The lowest BCUT2D eigenvalue weighted by Gasteiger charge is -2.14. The van der Waals surface area contributed by atoms with E-state index < -0.39 is 17.6 Å². The van der Waals surface area contributed by atoms with Gasteiger partial charge in [-0.15, -0.1) is 0 Å². The maximum atomic E-state index is 12.0. The molecular weight excluding hydrogens is 239 g/mol. The summed E-state index contributed by atoms with van der Waals surface area (Å²) in [5.74, 6) is -1.26. The van der Waals surface area contributed by atoms with Crippen LogP contribution in [0.5, 0.6) is 5.88 Å². The Morgan fingerprint density at radius 3 is 2.42 bits per heavy atom. The molecule has 1 heterocycles. The summed E-state index contributed by atoms with van der Waals surface area (Å²) in [6.45, 7) is 0. The quantitative estimate of drug-likeness (QED) is 0.695. The third kappa shape index (κ3) is 1.88. The van der Waals surface area contributed by atoms with Crippen LogP contribution < -0.4 is 5.11 Å². The molecule has 0 radical (unpaired) electrons. The van der Waals surface area contributed by atoms with Crippen LogP contribution in [0.15, 0.2) is 16.7 Å². The van der Waals surface area contributed by atoms with Crippen molar-refractivity contribution >= 4 is 15.9 Å². The first-order chi connectivity index (χ1) is 5.41. The fourth-order valence-corrected chi connectivity index (χ4v) is 0.961. The van der Waals surface area contributed by atoms with Crippen molar-refractivity contribution in [1.82, 2.24) is 4.98 Å². The van der Waals surface area contributed by atoms with E-state index in [0.29, 0.717) is 6.07 Å². The molecule has 0 aliphatic heterocycles. The Balaban J connectivity index is 3.23. The fourth-order valence-electron chi connectivity index (χ4n) is 0.630. The summed E-state index contributed by atoms with van der Waals surface area (Å²) in [4.78, 5) is 3.02. The summed E-state index contributed by atoms with van der Waals surface area (Å²) in [7, 11) is 0. The number of hydrogen-bond donors (Lipinski definition) is 0. The summed E-state index contributed by atoms with van der Waals surface area (Å²) >= 11 is 2.79. The molecule has 2 nitrogen and oxygen atoms in total. The second-order valence-corrected chi connectivity index (χ2v) is 2.92. The number of rotatable bonds is 0. The van der Waals surface area contributed by atoms with E-state index in [2.05, 4.69) is 20.9 Å². The molecule has 0 bridgehead atoms. The van der Waals surface area contributed by atoms with Gasteiger partial charge in [0.1, 0.15) is 0 Å². The van der Waals surface area contributed by atoms with E-state index in [-0.39, 0.29) is 4.47 Å². The molecule has 66 valence electrons. The molecule has 0 saturated heterocycles. The SMILES string of the molecule is [O-]c1ncc(Br)cc1C(F)(F)F. The minimum absolute atomic E-state index is 0.134. The van der Waals surface area contributed by atoms with Crippen LogP contribution in [0.25, 0.3) is 0 Å². The van der Waals surface area contributed by atoms with Gasteiger partial charge in [-0.2, -0.15) is 13.2 Å². The van der Waals surface area contributed by atoms with Crippen molar-refractivity contribution in [3.05, 3.63) is 22.3 Å². The summed E-state index contributed by atoms with van der Waals surface area (Å²) < 4.78 is 36.0. The average Bonchev–Trinajstić information content (AvgIpc) is 1.92. The molecule has 1 aromatic heterocycles. The Morgan fingerprint density at radius 2 is 2.00 bits per heavy atom. The maximum absolute atomic E-state index is 12.0. The summed E-state index contributed by atoms with van der Waals surface area (Å²) in [6, 6.07) is 0.704. The molecule has 0 amide bonds. The van der Waals surface area contributed by atoms with Crippen LogP contribution in [-0.4, -0.2) is 4.98 Å². The van der Waals surface area contributed by atoms with E-state index in [1.54, 1.807) is 0 Å². The van der Waals surface area contributed by atoms with Crippen molar-refractivity contribution < 1.29 is 18.3 Å². The van der Waals surface area contributed by atoms with Gasteiger partial charge in [0.2, 0.25) is 0 Å². The van der Waals surface area contributed by atoms with Gasteiger partial charge in [-0.05, 0) is 27.9 Å². The van der Waals surface area contributed by atoms with Crippen molar-refractivity contribution in [1.29, 1.82) is 0 Å². The van der Waals surface area contributed by atoms with E-state index in [0.717, 1.165) is 6.20 Å². The molecule has 0 saturated carbocycles. The van der Waals surface area contributed by atoms with Gasteiger partial charge >= 0.3 is 6.18 Å². The molecule has 0 N–H and O–H groups in total. The van der Waals surface area contributed by atoms with Crippen molar-refractivity contribution in [2.45, 2.75) is 6.18 Å². The highest BCUT2D eigenvalue weighted by Gasteiger charge is 2.31. The summed E-state index contributed by atoms with van der Waals surface area (Å²) in [6.07, 6.45) is -3.61. The molecule has 0 unspecified atom stereocenters. The third-order valence-corrected chi connectivity index (χ3v) is 1.56. The van der Waals surface area contributed by atoms with Crippen LogP contribution in [0.4, 0.5) is 13.2 Å². The number of alkyl halides is 3. The second kappa shape index (κ2) is 2.93. The van der Waals surface area contributed by atoms with Gasteiger partial charge in [0.15, 0.2) is 0 Å². The number of pyridine rings is 1. The van der Waals surface area contributed by atoms with Crippen LogP contribution >= 0.6 is 15.9 Å². The van der Waals surface area contributed by atoms with Crippen LogP contribution in [0.1, 0.15) is 5.56 Å². The minimum Gasteiger partial charge on any atom is -0.858 e. The zero-order chi connectivity index (χ0) is 9.35. The van der Waals surface area contributed by atoms with Gasteiger partial charge in [0, 0.05) is 10.7 Å². The number of nitrogens with zero attached hydrogens (tertiary/aromatic N) is 1. The van der Waals surface area contributed by atoms with Crippen LogP contribution in [0, 0.1) is 0 Å². The van der Waals surface area contributed by atoms with Crippen LogP contribution in [0.3, 0.4) is 0 Å². The van der Waals surface area contributed by atoms with Gasteiger partial charge < -0.3 is 5.11 Å². The highest BCUT2D eigenvalue weighted by molar-refractivity contribution is 9.10. The topological polar surface area (TPSA) is 36.0 Å². The standard InChI is InChI=1S/C6H3BrF3NO/c7-3-1-4(6(8,9)10)5(12)11-2-3/h1-2H,(H,11,12)/p-1. The van der Waals surface area contributed by atoms with Crippen LogP contribution in [0.2, 0.25) is 0 Å². The first-order valence-electron chi connectivity index (χ1n) is 2.81. The number of aromatic nitrogens is 1. The van der Waals surface area contributed by atoms with E-state index in [1.807, 2.05) is 0 Å². The molecule has 0 aliphatic rings. The van der Waals surface area contributed by atoms with E-state index >= 15 is 0 Å². The lowest BCUT2D eigenvalue weighted by atomic mass is 10.3. The monoisotopic (exact) mass is 240 g/mol. The molecule has 6 heteroatoms. The lowest BCUT2D eigenvalue weighted by Crippen LogP contribution is -2.10. The molecule has 0 fully saturated rings. The molecule has 12 heavy (non-hydrogen) atoms. The first-order valence-corrected chi connectivity index (χ1v) is 3.60. The Kier molecular flexibility index (Phi) is 2.27. The van der Waals surface area contributed by atoms with Gasteiger partial charge in [-0.25, -0.2) is 0 Å². The zero-order valence-corrected chi connectivity index (χ0v) is 7.11. The van der Waals surface area contributed by atoms with Crippen molar-refractivity contribution in [3.63, 3.8) is 0 Å². The second-order valence-electron chi connectivity index (χ2n) is 2.00. The third-order valence-electron chi connectivity index (χ3n) is 1.12. The molecule has 1 aromatic rings. The maximum Gasteiger partial charge on any atom is 0.417 e. The normalized spacial score (nSPS) is 11.7. The summed E-state index contributed by atoms with van der Waals surface area (Å²) in [5, 5.41) is 10.6. The molecule has 0 aliphatic carbocycles.